The number of hydrogen-bond donors (Lipinski definition) is 1. The second-order valence-corrected chi connectivity index (χ2v) is 12.0. The summed E-state index contributed by atoms with van der Waals surface area (Å²) in [4.78, 5) is 34.8. The predicted molar refractivity (Wildman–Crippen MR) is 153 cm³/mol. The molecule has 13 heteroatoms. The van der Waals surface area contributed by atoms with Gasteiger partial charge in [-0.3, -0.25) is 14.5 Å². The third-order valence-corrected chi connectivity index (χ3v) is 8.55. The third kappa shape index (κ3) is 5.69. The molecular weight excluding hydrogens is 588 g/mol. The van der Waals surface area contributed by atoms with Crippen molar-refractivity contribution in [3.05, 3.63) is 79.7 Å². The van der Waals surface area contributed by atoms with Crippen LogP contribution in [0.25, 0.3) is 0 Å². The van der Waals surface area contributed by atoms with Gasteiger partial charge in [0.2, 0.25) is 0 Å². The summed E-state index contributed by atoms with van der Waals surface area (Å²) in [5, 5.41) is 9.94. The van der Waals surface area contributed by atoms with E-state index in [1.54, 1.807) is 23.2 Å². The Morgan fingerprint density at radius 2 is 2.07 bits per heavy atom. The molecule has 1 aliphatic carbocycles. The number of hydrogen-bond acceptors (Lipinski definition) is 9. The fourth-order valence-corrected chi connectivity index (χ4v) is 6.18. The van der Waals surface area contributed by atoms with Crippen molar-refractivity contribution in [3.63, 3.8) is 0 Å². The van der Waals surface area contributed by atoms with Crippen LogP contribution in [-0.4, -0.2) is 46.3 Å². The number of carbonyl (C=O) groups excluding carboxylic acids is 2. The minimum atomic E-state index is -1.22. The van der Waals surface area contributed by atoms with Gasteiger partial charge in [0.1, 0.15) is 6.04 Å². The summed E-state index contributed by atoms with van der Waals surface area (Å²) in [6, 6.07) is 1.23. The molecule has 5 rings (SSSR count). The van der Waals surface area contributed by atoms with Gasteiger partial charge in [0.25, 0.3) is 0 Å². The molecule has 222 valence electrons. The van der Waals surface area contributed by atoms with E-state index in [1.807, 2.05) is 20.0 Å². The summed E-state index contributed by atoms with van der Waals surface area (Å²) >= 11 is 7.62. The van der Waals surface area contributed by atoms with Gasteiger partial charge in [-0.1, -0.05) is 17.7 Å². The van der Waals surface area contributed by atoms with Crippen molar-refractivity contribution in [2.75, 3.05) is 13.7 Å². The first-order valence-corrected chi connectivity index (χ1v) is 14.7. The van der Waals surface area contributed by atoms with Gasteiger partial charge in [0.05, 0.1) is 42.0 Å². The van der Waals surface area contributed by atoms with Gasteiger partial charge in [-0.25, -0.2) is 18.6 Å². The lowest BCUT2D eigenvalue weighted by Crippen LogP contribution is -2.38. The van der Waals surface area contributed by atoms with Gasteiger partial charge < -0.3 is 14.8 Å². The molecular formula is C29H30ClF2N5O4S. The lowest BCUT2D eigenvalue weighted by molar-refractivity contribution is -0.154. The number of aryl methyl sites for hydroxylation is 1. The number of halogens is 3. The molecule has 1 N–H and O–H groups in total. The summed E-state index contributed by atoms with van der Waals surface area (Å²) < 4.78 is 40.7. The fourth-order valence-electron chi connectivity index (χ4n) is 5.33. The minimum absolute atomic E-state index is 0.134. The molecule has 1 aliphatic heterocycles. The fraction of sp³-hybridized carbons (Fsp3) is 0.414. The molecule has 1 aromatic carbocycles. The maximum Gasteiger partial charge on any atom is 0.338 e. The molecule has 0 saturated carbocycles. The predicted octanol–water partition coefficient (Wildman–Crippen LogP) is 5.18. The van der Waals surface area contributed by atoms with Crippen molar-refractivity contribution in [1.29, 1.82) is 0 Å². The number of benzene rings is 1. The van der Waals surface area contributed by atoms with Gasteiger partial charge >= 0.3 is 11.9 Å². The number of rotatable bonds is 8. The zero-order valence-corrected chi connectivity index (χ0v) is 25.1. The Morgan fingerprint density at radius 3 is 2.76 bits per heavy atom. The number of allylic oxidation sites excluding steroid dienone is 1. The van der Waals surface area contributed by atoms with Crippen molar-refractivity contribution in [2.45, 2.75) is 52.6 Å². The van der Waals surface area contributed by atoms with E-state index in [0.29, 0.717) is 49.0 Å². The molecule has 0 saturated heterocycles. The van der Waals surface area contributed by atoms with Crippen LogP contribution in [0.2, 0.25) is 5.02 Å². The van der Waals surface area contributed by atoms with Gasteiger partial charge in [0, 0.05) is 35.0 Å². The van der Waals surface area contributed by atoms with Gasteiger partial charge in [-0.05, 0) is 51.7 Å². The van der Waals surface area contributed by atoms with Crippen LogP contribution >= 0.6 is 22.9 Å². The SMILES string of the molecule is CCOC(=O)C(C)(C)Cn1cc2c(n1)CCC(C1=C(C(=O)OC)C(c3ccc(F)c(F)c3Cl)N=C(c3nccs3)N1)C2. The summed E-state index contributed by atoms with van der Waals surface area (Å²) in [7, 11) is 1.26. The van der Waals surface area contributed by atoms with Crippen LogP contribution in [-0.2, 0) is 38.4 Å². The molecule has 42 heavy (non-hydrogen) atoms. The molecule has 2 aromatic heterocycles. The van der Waals surface area contributed by atoms with Gasteiger partial charge in [0.15, 0.2) is 22.5 Å². The highest BCUT2D eigenvalue weighted by molar-refractivity contribution is 7.11. The summed E-state index contributed by atoms with van der Waals surface area (Å²) in [6.07, 6.45) is 5.33. The molecule has 3 heterocycles. The Balaban J connectivity index is 1.54. The van der Waals surface area contributed by atoms with E-state index in [0.717, 1.165) is 17.3 Å². The molecule has 2 atom stereocenters. The zero-order chi connectivity index (χ0) is 30.2. The second kappa shape index (κ2) is 11.9. The van der Waals surface area contributed by atoms with E-state index in [1.165, 1.54) is 24.5 Å². The zero-order valence-electron chi connectivity index (χ0n) is 23.5. The molecule has 0 spiro atoms. The summed E-state index contributed by atoms with van der Waals surface area (Å²) in [6.45, 7) is 6.05. The number of nitrogens with one attached hydrogen (secondary N) is 1. The number of aliphatic imine (C=N–C) groups is 1. The first kappa shape index (κ1) is 29.8. The lowest BCUT2D eigenvalue weighted by atomic mass is 9.81. The summed E-state index contributed by atoms with van der Waals surface area (Å²) in [5.41, 5.74) is 1.97. The van der Waals surface area contributed by atoms with E-state index in [4.69, 9.17) is 31.2 Å². The highest BCUT2D eigenvalue weighted by atomic mass is 35.5. The molecule has 3 aromatic rings. The van der Waals surface area contributed by atoms with Crippen molar-refractivity contribution in [2.24, 2.45) is 16.3 Å². The maximum absolute atomic E-state index is 14.6. The van der Waals surface area contributed by atoms with Gasteiger partial charge in [-0.2, -0.15) is 5.10 Å². The standard InChI is InChI=1S/C29H30ClF2N5O4S/c1-5-41-28(39)29(2,3)14-37-13-16-12-15(6-9-19(16)36-37)23-20(27(38)40-4)24(17-7-8-18(31)22(32)21(17)30)35-25(34-23)26-33-10-11-42-26/h7-8,10-11,13,15,24H,5-6,9,12,14H2,1-4H3,(H,34,35). The Labute approximate surface area is 250 Å². The highest BCUT2D eigenvalue weighted by Gasteiger charge is 2.39. The third-order valence-electron chi connectivity index (χ3n) is 7.39. The minimum Gasteiger partial charge on any atom is -0.466 e. The van der Waals surface area contributed by atoms with Crippen molar-refractivity contribution < 1.29 is 27.8 Å². The van der Waals surface area contributed by atoms with Crippen LogP contribution in [0.3, 0.4) is 0 Å². The average molecular weight is 618 g/mol. The van der Waals surface area contributed by atoms with Crippen molar-refractivity contribution in [1.82, 2.24) is 20.1 Å². The van der Waals surface area contributed by atoms with E-state index in [2.05, 4.69) is 10.3 Å². The Morgan fingerprint density at radius 1 is 1.29 bits per heavy atom. The Kier molecular flexibility index (Phi) is 8.47. The van der Waals surface area contributed by atoms with E-state index >= 15 is 0 Å². The van der Waals surface area contributed by atoms with Crippen LogP contribution < -0.4 is 5.32 Å². The molecule has 0 fully saturated rings. The number of nitrogens with zero attached hydrogens (tertiary/aromatic N) is 4. The first-order chi connectivity index (χ1) is 20.0. The molecule has 2 unspecified atom stereocenters. The van der Waals surface area contributed by atoms with E-state index < -0.39 is 34.1 Å². The normalized spacial score (nSPS) is 18.7. The largest absolute Gasteiger partial charge is 0.466 e. The van der Waals surface area contributed by atoms with Crippen LogP contribution in [0.5, 0.6) is 0 Å². The Hall–Kier alpha value is -3.64. The molecule has 2 aliphatic rings. The van der Waals surface area contributed by atoms with Crippen LogP contribution in [0.1, 0.15) is 55.1 Å². The quantitative estimate of drug-likeness (QED) is 0.274. The smallest absolute Gasteiger partial charge is 0.338 e. The molecule has 0 amide bonds. The first-order valence-electron chi connectivity index (χ1n) is 13.5. The van der Waals surface area contributed by atoms with E-state index in [-0.39, 0.29) is 23.0 Å². The summed E-state index contributed by atoms with van der Waals surface area (Å²) in [5.74, 6) is -3.09. The monoisotopic (exact) mass is 617 g/mol. The number of methoxy groups -OCH3 is 1. The number of aromatic nitrogens is 3. The average Bonchev–Trinajstić information content (AvgIpc) is 3.64. The number of thiazole rings is 1. The number of carbonyl (C=O) groups is 2. The number of amidine groups is 1. The Bertz CT molecular complexity index is 1580. The lowest BCUT2D eigenvalue weighted by Gasteiger charge is -2.32. The number of esters is 2. The maximum atomic E-state index is 14.6. The molecule has 0 bridgehead atoms. The number of fused-ring (bicyclic) bond motifs is 1. The highest BCUT2D eigenvalue weighted by Crippen LogP contribution is 2.41. The molecule has 9 nitrogen and oxygen atoms in total. The van der Waals surface area contributed by atoms with Crippen molar-refractivity contribution >= 4 is 40.7 Å². The number of ether oxygens (including phenoxy) is 2. The van der Waals surface area contributed by atoms with Crippen molar-refractivity contribution in [3.8, 4) is 0 Å². The van der Waals surface area contributed by atoms with Crippen LogP contribution in [0.4, 0.5) is 8.78 Å². The topological polar surface area (TPSA) is 108 Å². The van der Waals surface area contributed by atoms with E-state index in [9.17, 15) is 18.4 Å². The van der Waals surface area contributed by atoms with Crippen LogP contribution in [0.15, 0.2) is 46.2 Å². The van der Waals surface area contributed by atoms with Gasteiger partial charge in [-0.15, -0.1) is 11.3 Å². The second-order valence-electron chi connectivity index (χ2n) is 10.8. The van der Waals surface area contributed by atoms with Crippen LogP contribution in [0, 0.1) is 23.0 Å². The molecule has 0 radical (unpaired) electrons.